The van der Waals surface area contributed by atoms with Gasteiger partial charge in [0.2, 0.25) is 0 Å². The first kappa shape index (κ1) is 25.4. The van der Waals surface area contributed by atoms with E-state index in [1.165, 1.54) is 24.9 Å². The second kappa shape index (κ2) is 10.3. The summed E-state index contributed by atoms with van der Waals surface area (Å²) < 4.78 is 11.9. The van der Waals surface area contributed by atoms with Crippen molar-refractivity contribution in [3.8, 4) is 5.75 Å². The summed E-state index contributed by atoms with van der Waals surface area (Å²) in [5, 5.41) is 2.25. The molecule has 3 aromatic carbocycles. The first-order valence-corrected chi connectivity index (χ1v) is 14.2. The van der Waals surface area contributed by atoms with Crippen LogP contribution < -0.4 is 4.74 Å². The van der Waals surface area contributed by atoms with E-state index < -0.39 is 0 Å². The van der Waals surface area contributed by atoms with E-state index in [-0.39, 0.29) is 23.5 Å². The Morgan fingerprint density at radius 2 is 1.84 bits per heavy atom. The van der Waals surface area contributed by atoms with E-state index in [0.29, 0.717) is 5.92 Å². The van der Waals surface area contributed by atoms with E-state index in [0.717, 1.165) is 60.4 Å². The van der Waals surface area contributed by atoms with Crippen LogP contribution in [0, 0.1) is 11.8 Å². The van der Waals surface area contributed by atoms with Crippen molar-refractivity contribution in [3.05, 3.63) is 77.9 Å². The van der Waals surface area contributed by atoms with Crippen molar-refractivity contribution < 1.29 is 14.3 Å². The van der Waals surface area contributed by atoms with Gasteiger partial charge < -0.3 is 19.3 Å². The smallest absolute Gasteiger partial charge is 0.253 e. The normalized spacial score (nSPS) is 27.6. The SMILES string of the molecule is COc1cccc([C@@]23CCN(CC4CC4)C[C@H]2C(OC)C[C@@H](N(C)C(=O)c2ccc4ccccc4c2)C3)c1. The molecule has 0 N–H and O–H groups in total. The number of hydrogen-bond donors (Lipinski definition) is 0. The van der Waals surface area contributed by atoms with Gasteiger partial charge in [0, 0.05) is 50.2 Å². The maximum absolute atomic E-state index is 13.8. The van der Waals surface area contributed by atoms with Gasteiger partial charge in [-0.1, -0.05) is 42.5 Å². The fourth-order valence-corrected chi connectivity index (χ4v) is 7.24. The molecular formula is C33H40N2O3. The summed E-state index contributed by atoms with van der Waals surface area (Å²) in [7, 11) is 5.58. The molecule has 1 unspecified atom stereocenters. The average molecular weight is 513 g/mol. The maximum Gasteiger partial charge on any atom is 0.253 e. The van der Waals surface area contributed by atoms with Crippen molar-refractivity contribution in [3.63, 3.8) is 0 Å². The minimum Gasteiger partial charge on any atom is -0.497 e. The predicted octanol–water partition coefficient (Wildman–Crippen LogP) is 5.77. The van der Waals surface area contributed by atoms with Crippen LogP contribution in [0.25, 0.3) is 10.8 Å². The maximum atomic E-state index is 13.8. The Hall–Kier alpha value is -2.89. The number of piperidine rings is 1. The number of benzene rings is 3. The average Bonchev–Trinajstić information content (AvgIpc) is 3.79. The van der Waals surface area contributed by atoms with Crippen LogP contribution in [-0.2, 0) is 10.2 Å². The van der Waals surface area contributed by atoms with E-state index in [4.69, 9.17) is 9.47 Å². The molecule has 1 aliphatic heterocycles. The van der Waals surface area contributed by atoms with Crippen LogP contribution in [0.2, 0.25) is 0 Å². The molecule has 5 nitrogen and oxygen atoms in total. The van der Waals surface area contributed by atoms with E-state index >= 15 is 0 Å². The Morgan fingerprint density at radius 1 is 1.03 bits per heavy atom. The van der Waals surface area contributed by atoms with Gasteiger partial charge >= 0.3 is 0 Å². The number of nitrogens with zero attached hydrogens (tertiary/aromatic N) is 2. The molecule has 1 amide bonds. The number of rotatable bonds is 7. The topological polar surface area (TPSA) is 42.0 Å². The van der Waals surface area contributed by atoms with E-state index in [1.54, 1.807) is 7.11 Å². The van der Waals surface area contributed by atoms with Gasteiger partial charge in [-0.15, -0.1) is 0 Å². The third-order valence-corrected chi connectivity index (χ3v) is 9.62. The Morgan fingerprint density at radius 3 is 2.61 bits per heavy atom. The molecule has 2 saturated carbocycles. The van der Waals surface area contributed by atoms with E-state index in [9.17, 15) is 4.79 Å². The molecule has 3 aromatic rings. The molecule has 0 bridgehead atoms. The first-order valence-electron chi connectivity index (χ1n) is 14.2. The predicted molar refractivity (Wildman–Crippen MR) is 152 cm³/mol. The fourth-order valence-electron chi connectivity index (χ4n) is 7.24. The van der Waals surface area contributed by atoms with Crippen LogP contribution in [0.5, 0.6) is 5.75 Å². The Bertz CT molecular complexity index is 1300. The van der Waals surface area contributed by atoms with Crippen molar-refractivity contribution in [2.45, 2.75) is 49.7 Å². The number of likely N-dealkylation sites (tertiary alicyclic amines) is 1. The first-order chi connectivity index (χ1) is 18.5. The fraction of sp³-hybridized carbons (Fsp3) is 0.485. The second-order valence-corrected chi connectivity index (χ2v) is 11.8. The summed E-state index contributed by atoms with van der Waals surface area (Å²) in [5.74, 6) is 2.24. The lowest BCUT2D eigenvalue weighted by Gasteiger charge is -2.56. The van der Waals surface area contributed by atoms with Gasteiger partial charge in [0.1, 0.15) is 5.75 Å². The van der Waals surface area contributed by atoms with Crippen LogP contribution >= 0.6 is 0 Å². The summed E-state index contributed by atoms with van der Waals surface area (Å²) in [6.45, 7) is 3.36. The number of hydrogen-bond acceptors (Lipinski definition) is 4. The van der Waals surface area contributed by atoms with Gasteiger partial charge in [-0.2, -0.15) is 0 Å². The van der Waals surface area contributed by atoms with Gasteiger partial charge in [0.15, 0.2) is 0 Å². The van der Waals surface area contributed by atoms with Crippen LogP contribution in [0.15, 0.2) is 66.7 Å². The summed E-state index contributed by atoms with van der Waals surface area (Å²) in [4.78, 5) is 18.5. The third-order valence-electron chi connectivity index (χ3n) is 9.62. The molecule has 2 aliphatic carbocycles. The minimum atomic E-state index is -0.0594. The Balaban J connectivity index is 1.32. The number of carbonyl (C=O) groups excluding carboxylic acids is 1. The molecule has 4 atom stereocenters. The van der Waals surface area contributed by atoms with Crippen molar-refractivity contribution in [2.24, 2.45) is 11.8 Å². The number of methoxy groups -OCH3 is 2. The molecule has 1 heterocycles. The molecule has 6 rings (SSSR count). The number of fused-ring (bicyclic) bond motifs is 2. The summed E-state index contributed by atoms with van der Waals surface area (Å²) in [5.41, 5.74) is 2.01. The van der Waals surface area contributed by atoms with Gasteiger partial charge in [0.25, 0.3) is 5.91 Å². The Kier molecular flexibility index (Phi) is 6.92. The zero-order valence-corrected chi connectivity index (χ0v) is 22.9. The standard InChI is InChI=1S/C33H40N2O3/c1-34(32(36)26-14-13-24-7-4-5-8-25(24)17-26)28-19-31(38-3)30-22-35(21-23-11-12-23)16-15-33(30,20-28)27-9-6-10-29(18-27)37-2/h4-10,13-14,17-18,23,28,30-31H,11-12,15-16,19-22H2,1-3H3/t28-,30+,31?,33+/m1/s1. The molecule has 3 aliphatic rings. The molecule has 0 radical (unpaired) electrons. The Labute approximate surface area is 226 Å². The highest BCUT2D eigenvalue weighted by molar-refractivity contribution is 5.98. The lowest BCUT2D eigenvalue weighted by molar-refractivity contribution is -0.0794. The quantitative estimate of drug-likeness (QED) is 0.403. The van der Waals surface area contributed by atoms with Crippen molar-refractivity contribution in [1.82, 2.24) is 9.80 Å². The van der Waals surface area contributed by atoms with Crippen molar-refractivity contribution in [1.29, 1.82) is 0 Å². The summed E-state index contributed by atoms with van der Waals surface area (Å²) >= 11 is 0. The van der Waals surface area contributed by atoms with Gasteiger partial charge in [-0.3, -0.25) is 4.79 Å². The number of carbonyl (C=O) groups is 1. The van der Waals surface area contributed by atoms with Crippen LogP contribution in [0.1, 0.15) is 48.0 Å². The van der Waals surface area contributed by atoms with Crippen LogP contribution in [0.3, 0.4) is 0 Å². The van der Waals surface area contributed by atoms with Gasteiger partial charge in [-0.25, -0.2) is 0 Å². The molecule has 38 heavy (non-hydrogen) atoms. The van der Waals surface area contributed by atoms with Gasteiger partial charge in [-0.05, 0) is 85.2 Å². The molecule has 0 aromatic heterocycles. The summed E-state index contributed by atoms with van der Waals surface area (Å²) in [6, 6.07) is 23.0. The van der Waals surface area contributed by atoms with E-state index in [2.05, 4.69) is 41.3 Å². The molecular weight excluding hydrogens is 472 g/mol. The molecule has 200 valence electrons. The van der Waals surface area contributed by atoms with Crippen molar-refractivity contribution in [2.75, 3.05) is 40.9 Å². The monoisotopic (exact) mass is 512 g/mol. The van der Waals surface area contributed by atoms with Crippen LogP contribution in [0.4, 0.5) is 0 Å². The molecule has 5 heteroatoms. The largest absolute Gasteiger partial charge is 0.497 e. The zero-order valence-electron chi connectivity index (χ0n) is 22.9. The molecule has 0 spiro atoms. The van der Waals surface area contributed by atoms with Gasteiger partial charge in [0.05, 0.1) is 13.2 Å². The highest BCUT2D eigenvalue weighted by Crippen LogP contribution is 2.51. The number of amides is 1. The minimum absolute atomic E-state index is 0.0594. The summed E-state index contributed by atoms with van der Waals surface area (Å²) in [6.07, 6.45) is 5.72. The van der Waals surface area contributed by atoms with Crippen molar-refractivity contribution >= 4 is 16.7 Å². The lowest BCUT2D eigenvalue weighted by atomic mass is 9.56. The highest BCUT2D eigenvalue weighted by Gasteiger charge is 2.53. The van der Waals surface area contributed by atoms with E-state index in [1.807, 2.05) is 49.4 Å². The lowest BCUT2D eigenvalue weighted by Crippen LogP contribution is -2.61. The highest BCUT2D eigenvalue weighted by atomic mass is 16.5. The van der Waals surface area contributed by atoms with Crippen LogP contribution in [-0.4, -0.2) is 68.8 Å². The second-order valence-electron chi connectivity index (χ2n) is 11.8. The molecule has 1 saturated heterocycles. The zero-order chi connectivity index (χ0) is 26.3. The third kappa shape index (κ3) is 4.71. The molecule has 3 fully saturated rings. The number of ether oxygens (including phenoxy) is 2.